The van der Waals surface area contributed by atoms with Gasteiger partial charge in [-0.1, -0.05) is 29.8 Å². The molecule has 0 spiro atoms. The van der Waals surface area contributed by atoms with Crippen molar-refractivity contribution in [3.8, 4) is 11.5 Å². The Morgan fingerprint density at radius 2 is 1.78 bits per heavy atom. The van der Waals surface area contributed by atoms with E-state index in [9.17, 15) is 5.11 Å². The number of methoxy groups -OCH3 is 2. The first-order valence-corrected chi connectivity index (χ1v) is 9.11. The van der Waals surface area contributed by atoms with Crippen LogP contribution in [0.3, 0.4) is 0 Å². The van der Waals surface area contributed by atoms with Crippen molar-refractivity contribution in [2.75, 3.05) is 27.3 Å². The van der Waals surface area contributed by atoms with E-state index in [2.05, 4.69) is 15.6 Å². The van der Waals surface area contributed by atoms with E-state index in [1.807, 2.05) is 37.3 Å². The predicted molar refractivity (Wildman–Crippen MR) is 109 cm³/mol. The minimum absolute atomic E-state index is 0.307. The Bertz CT molecular complexity index is 751. The van der Waals surface area contributed by atoms with E-state index in [4.69, 9.17) is 21.1 Å². The molecule has 0 saturated heterocycles. The van der Waals surface area contributed by atoms with Gasteiger partial charge in [-0.15, -0.1) is 0 Å². The summed E-state index contributed by atoms with van der Waals surface area (Å²) in [7, 11) is 3.15. The summed E-state index contributed by atoms with van der Waals surface area (Å²) in [5.41, 5.74) is 1.78. The van der Waals surface area contributed by atoms with E-state index in [-0.39, 0.29) is 0 Å². The zero-order chi connectivity index (χ0) is 19.6. The van der Waals surface area contributed by atoms with E-state index in [0.29, 0.717) is 35.6 Å². The fourth-order valence-electron chi connectivity index (χ4n) is 2.47. The third-order valence-corrected chi connectivity index (χ3v) is 4.18. The lowest BCUT2D eigenvalue weighted by Crippen LogP contribution is -2.39. The summed E-state index contributed by atoms with van der Waals surface area (Å²) in [6.07, 6.45) is -0.718. The standard InChI is InChI=1S/C20H26ClN3O3/c1-4-22-20(23-12-14-5-8-16(21)9-6-14)24-13-17(25)15-7-10-18(26-2)19(11-15)27-3/h5-11,17,25H,4,12-13H2,1-3H3,(H2,22,23,24). The van der Waals surface area contributed by atoms with Crippen molar-refractivity contribution in [3.05, 3.63) is 58.6 Å². The second-order valence-electron chi connectivity index (χ2n) is 5.83. The molecule has 27 heavy (non-hydrogen) atoms. The van der Waals surface area contributed by atoms with Crippen molar-refractivity contribution < 1.29 is 14.6 Å². The van der Waals surface area contributed by atoms with Gasteiger partial charge in [0.2, 0.25) is 0 Å². The van der Waals surface area contributed by atoms with Gasteiger partial charge in [-0.2, -0.15) is 0 Å². The van der Waals surface area contributed by atoms with Crippen LogP contribution in [0.1, 0.15) is 24.2 Å². The van der Waals surface area contributed by atoms with Gasteiger partial charge < -0.3 is 25.2 Å². The number of aliphatic hydroxyl groups is 1. The number of rotatable bonds is 8. The van der Waals surface area contributed by atoms with Crippen LogP contribution in [0.4, 0.5) is 0 Å². The molecular weight excluding hydrogens is 366 g/mol. The average Bonchev–Trinajstić information content (AvgIpc) is 2.70. The molecular formula is C20H26ClN3O3. The largest absolute Gasteiger partial charge is 0.493 e. The molecule has 146 valence electrons. The Hall–Kier alpha value is -2.44. The Labute approximate surface area is 165 Å². The average molecular weight is 392 g/mol. The number of aliphatic imine (C=N–C) groups is 1. The van der Waals surface area contributed by atoms with Crippen LogP contribution in [0.5, 0.6) is 11.5 Å². The maximum Gasteiger partial charge on any atom is 0.191 e. The highest BCUT2D eigenvalue weighted by atomic mass is 35.5. The highest BCUT2D eigenvalue weighted by Gasteiger charge is 2.12. The topological polar surface area (TPSA) is 75.1 Å². The van der Waals surface area contributed by atoms with E-state index >= 15 is 0 Å². The molecule has 2 rings (SSSR count). The summed E-state index contributed by atoms with van der Waals surface area (Å²) in [6, 6.07) is 12.9. The highest BCUT2D eigenvalue weighted by Crippen LogP contribution is 2.29. The van der Waals surface area contributed by atoms with Crippen LogP contribution in [0, 0.1) is 0 Å². The Morgan fingerprint density at radius 1 is 1.07 bits per heavy atom. The predicted octanol–water partition coefficient (Wildman–Crippen LogP) is 3.15. The zero-order valence-electron chi connectivity index (χ0n) is 15.8. The number of benzene rings is 2. The molecule has 1 unspecified atom stereocenters. The first kappa shape index (κ1) is 20.9. The SMILES string of the molecule is CCNC(=NCc1ccc(Cl)cc1)NCC(O)c1ccc(OC)c(OC)c1. The van der Waals surface area contributed by atoms with Crippen molar-refractivity contribution in [1.29, 1.82) is 0 Å². The second kappa shape index (κ2) is 10.6. The van der Waals surface area contributed by atoms with Gasteiger partial charge >= 0.3 is 0 Å². The van der Waals surface area contributed by atoms with Gasteiger partial charge in [-0.3, -0.25) is 0 Å². The summed E-state index contributed by atoms with van der Waals surface area (Å²) < 4.78 is 10.5. The number of nitrogens with one attached hydrogen (secondary N) is 2. The molecule has 0 aliphatic heterocycles. The quantitative estimate of drug-likeness (QED) is 0.476. The fraction of sp³-hybridized carbons (Fsp3) is 0.350. The van der Waals surface area contributed by atoms with Crippen molar-refractivity contribution in [2.24, 2.45) is 4.99 Å². The van der Waals surface area contributed by atoms with Crippen molar-refractivity contribution >= 4 is 17.6 Å². The molecule has 0 fully saturated rings. The summed E-state index contributed by atoms with van der Waals surface area (Å²) in [5.74, 6) is 1.84. The Balaban J connectivity index is 1.99. The van der Waals surface area contributed by atoms with Crippen molar-refractivity contribution in [2.45, 2.75) is 19.6 Å². The molecule has 0 bridgehead atoms. The molecule has 0 saturated carbocycles. The van der Waals surface area contributed by atoms with Crippen LogP contribution in [0.25, 0.3) is 0 Å². The maximum atomic E-state index is 10.5. The molecule has 0 radical (unpaired) electrons. The van der Waals surface area contributed by atoms with Gasteiger partial charge in [0.1, 0.15) is 0 Å². The van der Waals surface area contributed by atoms with Crippen molar-refractivity contribution in [3.63, 3.8) is 0 Å². The molecule has 1 atom stereocenters. The molecule has 6 nitrogen and oxygen atoms in total. The molecule has 0 amide bonds. The monoisotopic (exact) mass is 391 g/mol. The van der Waals surface area contributed by atoms with Crippen LogP contribution in [0.2, 0.25) is 5.02 Å². The zero-order valence-corrected chi connectivity index (χ0v) is 16.6. The first-order valence-electron chi connectivity index (χ1n) is 8.74. The van der Waals surface area contributed by atoms with Crippen LogP contribution in [-0.2, 0) is 6.54 Å². The minimum Gasteiger partial charge on any atom is -0.493 e. The van der Waals surface area contributed by atoms with E-state index in [1.165, 1.54) is 0 Å². The fourth-order valence-corrected chi connectivity index (χ4v) is 2.60. The van der Waals surface area contributed by atoms with Gasteiger partial charge in [0, 0.05) is 18.1 Å². The van der Waals surface area contributed by atoms with Gasteiger partial charge in [0.05, 0.1) is 26.9 Å². The molecule has 0 heterocycles. The van der Waals surface area contributed by atoms with Crippen LogP contribution >= 0.6 is 11.6 Å². The van der Waals surface area contributed by atoms with Crippen molar-refractivity contribution in [1.82, 2.24) is 10.6 Å². The third-order valence-electron chi connectivity index (χ3n) is 3.93. The van der Waals surface area contributed by atoms with E-state index in [1.54, 1.807) is 26.4 Å². The number of hydrogen-bond donors (Lipinski definition) is 3. The Morgan fingerprint density at radius 3 is 2.41 bits per heavy atom. The summed E-state index contributed by atoms with van der Waals surface area (Å²) in [6.45, 7) is 3.53. The number of ether oxygens (including phenoxy) is 2. The molecule has 0 aliphatic carbocycles. The van der Waals surface area contributed by atoms with Crippen LogP contribution < -0.4 is 20.1 Å². The van der Waals surface area contributed by atoms with Crippen LogP contribution in [0.15, 0.2) is 47.5 Å². The van der Waals surface area contributed by atoms with E-state index in [0.717, 1.165) is 17.7 Å². The molecule has 2 aromatic carbocycles. The van der Waals surface area contributed by atoms with E-state index < -0.39 is 6.10 Å². The molecule has 0 aliphatic rings. The first-order chi connectivity index (χ1) is 13.1. The van der Waals surface area contributed by atoms with Gasteiger partial charge in [0.15, 0.2) is 17.5 Å². The highest BCUT2D eigenvalue weighted by molar-refractivity contribution is 6.30. The summed E-state index contributed by atoms with van der Waals surface area (Å²) >= 11 is 5.90. The summed E-state index contributed by atoms with van der Waals surface area (Å²) in [5, 5.41) is 17.5. The van der Waals surface area contributed by atoms with Crippen LogP contribution in [-0.4, -0.2) is 38.4 Å². The molecule has 7 heteroatoms. The number of aliphatic hydroxyl groups excluding tert-OH is 1. The normalized spacial score (nSPS) is 12.4. The van der Waals surface area contributed by atoms with Gasteiger partial charge in [-0.25, -0.2) is 4.99 Å². The molecule has 3 N–H and O–H groups in total. The third kappa shape index (κ3) is 6.34. The maximum absolute atomic E-state index is 10.5. The number of guanidine groups is 1. The Kier molecular flexibility index (Phi) is 8.23. The lowest BCUT2D eigenvalue weighted by atomic mass is 10.1. The molecule has 0 aromatic heterocycles. The van der Waals surface area contributed by atoms with Gasteiger partial charge in [-0.05, 0) is 42.3 Å². The lowest BCUT2D eigenvalue weighted by Gasteiger charge is -2.17. The second-order valence-corrected chi connectivity index (χ2v) is 6.27. The number of nitrogens with zero attached hydrogens (tertiary/aromatic N) is 1. The number of hydrogen-bond acceptors (Lipinski definition) is 4. The molecule has 2 aromatic rings. The lowest BCUT2D eigenvalue weighted by molar-refractivity contribution is 0.180. The minimum atomic E-state index is -0.718. The van der Waals surface area contributed by atoms with Gasteiger partial charge in [0.25, 0.3) is 0 Å². The number of halogens is 1. The smallest absolute Gasteiger partial charge is 0.191 e. The summed E-state index contributed by atoms with van der Waals surface area (Å²) in [4.78, 5) is 4.54.